The highest BCUT2D eigenvalue weighted by Crippen LogP contribution is 2.52. The van der Waals surface area contributed by atoms with Crippen LogP contribution in [-0.2, 0) is 5.79 Å². The van der Waals surface area contributed by atoms with Gasteiger partial charge < -0.3 is 14.2 Å². The second-order valence-corrected chi connectivity index (χ2v) is 6.08. The Morgan fingerprint density at radius 1 is 0.846 bits per heavy atom. The topological polar surface area (TPSA) is 44.8 Å². The van der Waals surface area contributed by atoms with Crippen molar-refractivity contribution in [1.82, 2.24) is 0 Å². The number of benzene rings is 3. The van der Waals surface area contributed by atoms with Crippen molar-refractivity contribution in [3.05, 3.63) is 89.5 Å². The number of carbonyl (C=O) groups is 1. The molecule has 0 N–H and O–H groups in total. The van der Waals surface area contributed by atoms with Gasteiger partial charge in [-0.1, -0.05) is 60.7 Å². The maximum Gasteiger partial charge on any atom is 0.305 e. The SMILES string of the molecule is COc1c(C(C)=O)ccc2c1OC(c1ccccc1)(c1ccccc1)O2. The standard InChI is InChI=1S/C22H18O4/c1-15(23)18-13-14-19-21(20(18)24-2)26-22(25-19,16-9-5-3-6-10-16)17-11-7-4-8-12-17/h3-14H,1-2H3. The number of ether oxygens (including phenoxy) is 3. The molecule has 0 aliphatic carbocycles. The normalized spacial score (nSPS) is 14.1. The summed E-state index contributed by atoms with van der Waals surface area (Å²) in [5, 5.41) is 0. The van der Waals surface area contributed by atoms with Crippen LogP contribution in [0.4, 0.5) is 0 Å². The summed E-state index contributed by atoms with van der Waals surface area (Å²) in [7, 11) is 1.52. The fourth-order valence-electron chi connectivity index (χ4n) is 3.24. The lowest BCUT2D eigenvalue weighted by atomic mass is 9.97. The second kappa shape index (κ2) is 6.23. The molecule has 0 spiro atoms. The Bertz CT molecular complexity index is 909. The molecule has 0 fully saturated rings. The molecule has 0 saturated carbocycles. The van der Waals surface area contributed by atoms with E-state index in [1.807, 2.05) is 60.7 Å². The van der Waals surface area contributed by atoms with E-state index in [4.69, 9.17) is 14.2 Å². The molecule has 0 amide bonds. The van der Waals surface area contributed by atoms with E-state index in [9.17, 15) is 4.79 Å². The highest BCUT2D eigenvalue weighted by atomic mass is 16.7. The Morgan fingerprint density at radius 2 is 1.42 bits per heavy atom. The predicted molar refractivity (Wildman–Crippen MR) is 97.9 cm³/mol. The van der Waals surface area contributed by atoms with Crippen LogP contribution < -0.4 is 14.2 Å². The van der Waals surface area contributed by atoms with Crippen LogP contribution in [0.1, 0.15) is 28.4 Å². The average Bonchev–Trinajstić information content (AvgIpc) is 3.09. The number of methoxy groups -OCH3 is 1. The van der Waals surface area contributed by atoms with Gasteiger partial charge in [0, 0.05) is 11.1 Å². The molecule has 4 rings (SSSR count). The molecule has 1 aliphatic rings. The summed E-state index contributed by atoms with van der Waals surface area (Å²) in [5.74, 6) is 0.148. The molecule has 1 heterocycles. The molecule has 3 aromatic rings. The molecule has 26 heavy (non-hydrogen) atoms. The lowest BCUT2D eigenvalue weighted by molar-refractivity contribution is -0.0467. The Hall–Kier alpha value is -3.27. The van der Waals surface area contributed by atoms with Crippen molar-refractivity contribution in [1.29, 1.82) is 0 Å². The zero-order valence-electron chi connectivity index (χ0n) is 14.6. The first-order valence-corrected chi connectivity index (χ1v) is 8.37. The van der Waals surface area contributed by atoms with Gasteiger partial charge in [-0.15, -0.1) is 0 Å². The van der Waals surface area contributed by atoms with Crippen LogP contribution in [0, 0.1) is 0 Å². The Kier molecular flexibility index (Phi) is 3.88. The summed E-state index contributed by atoms with van der Waals surface area (Å²) < 4.78 is 18.2. The Morgan fingerprint density at radius 3 is 1.92 bits per heavy atom. The minimum atomic E-state index is -1.13. The molecular weight excluding hydrogens is 328 g/mol. The van der Waals surface area contributed by atoms with Crippen LogP contribution in [0.3, 0.4) is 0 Å². The monoisotopic (exact) mass is 346 g/mol. The molecule has 0 radical (unpaired) electrons. The van der Waals surface area contributed by atoms with Gasteiger partial charge in [-0.2, -0.15) is 0 Å². The van der Waals surface area contributed by atoms with Crippen molar-refractivity contribution in [2.45, 2.75) is 12.7 Å². The van der Waals surface area contributed by atoms with E-state index in [2.05, 4.69) is 0 Å². The lowest BCUT2D eigenvalue weighted by Gasteiger charge is -2.28. The van der Waals surface area contributed by atoms with Crippen molar-refractivity contribution in [3.8, 4) is 17.2 Å². The number of rotatable bonds is 4. The highest BCUT2D eigenvalue weighted by Gasteiger charge is 2.47. The molecule has 0 saturated heterocycles. The van der Waals surface area contributed by atoms with E-state index in [0.717, 1.165) is 11.1 Å². The predicted octanol–water partition coefficient (Wildman–Crippen LogP) is 4.57. The first-order valence-electron chi connectivity index (χ1n) is 8.37. The molecule has 3 aromatic carbocycles. The maximum absolute atomic E-state index is 11.9. The van der Waals surface area contributed by atoms with Gasteiger partial charge in [-0.25, -0.2) is 0 Å². The van der Waals surface area contributed by atoms with Crippen LogP contribution in [0.25, 0.3) is 0 Å². The average molecular weight is 346 g/mol. The minimum absolute atomic E-state index is 0.0924. The first kappa shape index (κ1) is 16.2. The third-order valence-electron chi connectivity index (χ3n) is 4.47. The van der Waals surface area contributed by atoms with Gasteiger partial charge in [0.05, 0.1) is 12.7 Å². The van der Waals surface area contributed by atoms with Crippen molar-refractivity contribution in [3.63, 3.8) is 0 Å². The van der Waals surface area contributed by atoms with Crippen molar-refractivity contribution in [2.24, 2.45) is 0 Å². The van der Waals surface area contributed by atoms with Crippen molar-refractivity contribution < 1.29 is 19.0 Å². The van der Waals surface area contributed by atoms with Gasteiger partial charge in [0.15, 0.2) is 17.3 Å². The first-order chi connectivity index (χ1) is 12.7. The van der Waals surface area contributed by atoms with Gasteiger partial charge in [-0.3, -0.25) is 4.79 Å². The van der Waals surface area contributed by atoms with Crippen LogP contribution in [0.2, 0.25) is 0 Å². The Labute approximate surface area is 152 Å². The summed E-state index contributed by atoms with van der Waals surface area (Å²) in [6.45, 7) is 1.50. The molecule has 0 atom stereocenters. The van der Waals surface area contributed by atoms with Gasteiger partial charge in [0.1, 0.15) is 0 Å². The molecule has 4 nitrogen and oxygen atoms in total. The number of hydrogen-bond donors (Lipinski definition) is 0. The summed E-state index contributed by atoms with van der Waals surface area (Å²) in [6, 6.07) is 22.9. The van der Waals surface area contributed by atoms with Gasteiger partial charge in [0.25, 0.3) is 0 Å². The van der Waals surface area contributed by atoms with Crippen molar-refractivity contribution in [2.75, 3.05) is 7.11 Å². The third kappa shape index (κ3) is 2.42. The number of ketones is 1. The summed E-state index contributed by atoms with van der Waals surface area (Å²) >= 11 is 0. The molecule has 1 aliphatic heterocycles. The summed E-state index contributed by atoms with van der Waals surface area (Å²) in [5.41, 5.74) is 2.18. The number of Topliss-reactive ketones (excluding diaryl/α,β-unsaturated/α-hetero) is 1. The smallest absolute Gasteiger partial charge is 0.305 e. The molecule has 4 heteroatoms. The van der Waals surface area contributed by atoms with Crippen LogP contribution in [0.15, 0.2) is 72.8 Å². The number of fused-ring (bicyclic) bond motifs is 1. The molecule has 130 valence electrons. The fraction of sp³-hybridized carbons (Fsp3) is 0.136. The Balaban J connectivity index is 1.92. The maximum atomic E-state index is 11.9. The van der Waals surface area contributed by atoms with Gasteiger partial charge in [-0.05, 0) is 19.1 Å². The highest BCUT2D eigenvalue weighted by molar-refractivity contribution is 5.98. The van der Waals surface area contributed by atoms with E-state index in [-0.39, 0.29) is 5.78 Å². The molecule has 0 bridgehead atoms. The number of hydrogen-bond acceptors (Lipinski definition) is 4. The van der Waals surface area contributed by atoms with E-state index < -0.39 is 5.79 Å². The van der Waals surface area contributed by atoms with E-state index in [1.54, 1.807) is 12.1 Å². The van der Waals surface area contributed by atoms with E-state index in [1.165, 1.54) is 14.0 Å². The van der Waals surface area contributed by atoms with Gasteiger partial charge >= 0.3 is 5.79 Å². The van der Waals surface area contributed by atoms with E-state index >= 15 is 0 Å². The van der Waals surface area contributed by atoms with E-state index in [0.29, 0.717) is 22.8 Å². The summed E-state index contributed by atoms with van der Waals surface area (Å²) in [4.78, 5) is 11.9. The van der Waals surface area contributed by atoms with Crippen LogP contribution in [-0.4, -0.2) is 12.9 Å². The summed E-state index contributed by atoms with van der Waals surface area (Å²) in [6.07, 6.45) is 0. The molecule has 0 aromatic heterocycles. The van der Waals surface area contributed by atoms with Crippen LogP contribution in [0.5, 0.6) is 17.2 Å². The van der Waals surface area contributed by atoms with Gasteiger partial charge in [0.2, 0.25) is 5.75 Å². The fourth-order valence-corrected chi connectivity index (χ4v) is 3.24. The largest absolute Gasteiger partial charge is 0.492 e. The van der Waals surface area contributed by atoms with Crippen LogP contribution >= 0.6 is 0 Å². The second-order valence-electron chi connectivity index (χ2n) is 6.08. The number of carbonyl (C=O) groups excluding carboxylic acids is 1. The van der Waals surface area contributed by atoms with Crippen molar-refractivity contribution >= 4 is 5.78 Å². The zero-order valence-corrected chi connectivity index (χ0v) is 14.6. The molecule has 0 unspecified atom stereocenters. The quantitative estimate of drug-likeness (QED) is 0.649. The zero-order chi connectivity index (χ0) is 18.1. The minimum Gasteiger partial charge on any atom is -0.492 e. The molecular formula is C22H18O4. The lowest BCUT2D eigenvalue weighted by Crippen LogP contribution is -2.36. The third-order valence-corrected chi connectivity index (χ3v) is 4.47.